The Balaban J connectivity index is 1.80. The van der Waals surface area contributed by atoms with E-state index in [1.807, 2.05) is 0 Å². The van der Waals surface area contributed by atoms with E-state index in [-0.39, 0.29) is 29.1 Å². The van der Waals surface area contributed by atoms with Gasteiger partial charge in [-0.1, -0.05) is 58.1 Å². The zero-order valence-corrected chi connectivity index (χ0v) is 17.0. The molecule has 4 atom stereocenters. The van der Waals surface area contributed by atoms with Crippen LogP contribution in [0.4, 0.5) is 0 Å². The molecule has 0 aromatic rings. The number of ketones is 1. The molecule has 0 aliphatic heterocycles. The molecule has 2 N–H and O–H groups in total. The van der Waals surface area contributed by atoms with Crippen molar-refractivity contribution in [3.05, 3.63) is 12.2 Å². The van der Waals surface area contributed by atoms with E-state index in [4.69, 9.17) is 0 Å². The minimum atomic E-state index is -0.484. The highest BCUT2D eigenvalue weighted by Gasteiger charge is 2.43. The van der Waals surface area contributed by atoms with Gasteiger partial charge in [-0.2, -0.15) is 0 Å². The number of hydrogen-bond donors (Lipinski definition) is 2. The van der Waals surface area contributed by atoms with Gasteiger partial charge in [-0.25, -0.2) is 0 Å². The van der Waals surface area contributed by atoms with Crippen molar-refractivity contribution in [3.8, 4) is 0 Å². The molecule has 0 bridgehead atoms. The van der Waals surface area contributed by atoms with Gasteiger partial charge in [-0.3, -0.25) is 4.79 Å². The number of rotatable bonds is 12. The smallest absolute Gasteiger partial charge is 0.139 e. The average molecular weight is 365 g/mol. The number of carbonyl (C=O) groups excluding carboxylic acids is 1. The van der Waals surface area contributed by atoms with Crippen LogP contribution in [-0.4, -0.2) is 28.2 Å². The number of hydrogen-bond acceptors (Lipinski definition) is 3. The van der Waals surface area contributed by atoms with Crippen LogP contribution in [0.2, 0.25) is 0 Å². The highest BCUT2D eigenvalue weighted by atomic mass is 16.3. The molecule has 0 heterocycles. The summed E-state index contributed by atoms with van der Waals surface area (Å²) in [6.45, 7) is 4.38. The molecule has 26 heavy (non-hydrogen) atoms. The summed E-state index contributed by atoms with van der Waals surface area (Å²) in [4.78, 5) is 12.3. The fourth-order valence-electron chi connectivity index (χ4n) is 5.13. The first kappa shape index (κ1) is 21.6. The largest absolute Gasteiger partial charge is 0.393 e. The Hall–Kier alpha value is -0.670. The molecule has 0 saturated heterocycles. The zero-order valence-electron chi connectivity index (χ0n) is 17.0. The third-order valence-electron chi connectivity index (χ3n) is 6.94. The highest BCUT2D eigenvalue weighted by Crippen LogP contribution is 2.49. The maximum atomic E-state index is 12.3. The van der Waals surface area contributed by atoms with Gasteiger partial charge in [-0.05, 0) is 56.3 Å². The van der Waals surface area contributed by atoms with Crippen LogP contribution in [0.15, 0.2) is 12.2 Å². The van der Waals surface area contributed by atoms with Gasteiger partial charge in [0.25, 0.3) is 0 Å². The van der Waals surface area contributed by atoms with E-state index in [2.05, 4.69) is 26.0 Å². The molecule has 2 fully saturated rings. The molecule has 0 aromatic carbocycles. The van der Waals surface area contributed by atoms with E-state index in [0.29, 0.717) is 6.42 Å². The summed E-state index contributed by atoms with van der Waals surface area (Å²) in [5.74, 6) is 0.284. The first-order chi connectivity index (χ1) is 12.5. The molecule has 0 radical (unpaired) electrons. The van der Waals surface area contributed by atoms with Crippen molar-refractivity contribution in [1.82, 2.24) is 0 Å². The van der Waals surface area contributed by atoms with E-state index < -0.39 is 6.10 Å². The van der Waals surface area contributed by atoms with Crippen molar-refractivity contribution >= 4 is 5.78 Å². The van der Waals surface area contributed by atoms with Gasteiger partial charge in [0.1, 0.15) is 5.78 Å². The second-order valence-corrected chi connectivity index (χ2v) is 8.77. The Morgan fingerprint density at radius 1 is 1.19 bits per heavy atom. The number of carbonyl (C=O) groups is 1. The number of Topliss-reactive ketones (excluding diaryl/α,β-unsaturated/α-hetero) is 1. The fourth-order valence-corrected chi connectivity index (χ4v) is 5.13. The standard InChI is InChI=1S/C23H40O3/c1-3-5-6-7-8-11-18-19(21(25)17-20(18)24)12-9-13-22(26)23(14-4-2)15-10-16-23/h7-8,18-19,21-22,25-26H,3-6,9-17H2,1-2H3/t18-,19-,21?,22?/m1/s1. The average Bonchev–Trinajstić information content (AvgIpc) is 2.84. The van der Waals surface area contributed by atoms with Crippen LogP contribution in [0.5, 0.6) is 0 Å². The molecule has 0 amide bonds. The van der Waals surface area contributed by atoms with Crippen molar-refractivity contribution < 1.29 is 15.0 Å². The van der Waals surface area contributed by atoms with Gasteiger partial charge < -0.3 is 10.2 Å². The van der Waals surface area contributed by atoms with Gasteiger partial charge in [-0.15, -0.1) is 0 Å². The van der Waals surface area contributed by atoms with Crippen LogP contribution < -0.4 is 0 Å². The minimum Gasteiger partial charge on any atom is -0.393 e. The maximum absolute atomic E-state index is 12.3. The summed E-state index contributed by atoms with van der Waals surface area (Å²) < 4.78 is 0. The molecule has 2 saturated carbocycles. The summed E-state index contributed by atoms with van der Waals surface area (Å²) in [5, 5.41) is 21.0. The van der Waals surface area contributed by atoms with Gasteiger partial charge in [0.2, 0.25) is 0 Å². The van der Waals surface area contributed by atoms with Crippen LogP contribution in [0.25, 0.3) is 0 Å². The molecule has 3 nitrogen and oxygen atoms in total. The van der Waals surface area contributed by atoms with Crippen LogP contribution in [-0.2, 0) is 4.79 Å². The third-order valence-corrected chi connectivity index (χ3v) is 6.94. The van der Waals surface area contributed by atoms with Gasteiger partial charge in [0.05, 0.1) is 12.2 Å². The van der Waals surface area contributed by atoms with Gasteiger partial charge >= 0.3 is 0 Å². The molecule has 2 unspecified atom stereocenters. The number of allylic oxidation sites excluding steroid dienone is 2. The Kier molecular flexibility index (Phi) is 8.83. The lowest BCUT2D eigenvalue weighted by atomic mass is 9.61. The molecular formula is C23H40O3. The second kappa shape index (κ2) is 10.6. The third kappa shape index (κ3) is 5.42. The van der Waals surface area contributed by atoms with E-state index in [0.717, 1.165) is 57.8 Å². The van der Waals surface area contributed by atoms with E-state index in [1.165, 1.54) is 19.3 Å². The fraction of sp³-hybridized carbons (Fsp3) is 0.870. The Bertz CT molecular complexity index is 452. The lowest BCUT2D eigenvalue weighted by Gasteiger charge is -2.46. The quantitative estimate of drug-likeness (QED) is 0.370. The predicted molar refractivity (Wildman–Crippen MR) is 107 cm³/mol. The minimum absolute atomic E-state index is 0.0201. The second-order valence-electron chi connectivity index (χ2n) is 8.77. The molecule has 2 aliphatic carbocycles. The van der Waals surface area contributed by atoms with Crippen molar-refractivity contribution in [1.29, 1.82) is 0 Å². The highest BCUT2D eigenvalue weighted by molar-refractivity contribution is 5.84. The molecule has 0 aromatic heterocycles. The molecule has 2 rings (SSSR count). The van der Waals surface area contributed by atoms with Crippen molar-refractivity contribution in [3.63, 3.8) is 0 Å². The van der Waals surface area contributed by atoms with E-state index in [1.54, 1.807) is 0 Å². The summed E-state index contributed by atoms with van der Waals surface area (Å²) in [5.41, 5.74) is 0.167. The van der Waals surface area contributed by atoms with Gasteiger partial charge in [0, 0.05) is 12.3 Å². The van der Waals surface area contributed by atoms with Crippen LogP contribution in [0, 0.1) is 17.3 Å². The monoisotopic (exact) mass is 364 g/mol. The summed E-state index contributed by atoms with van der Waals surface area (Å²) >= 11 is 0. The lowest BCUT2D eigenvalue weighted by molar-refractivity contribution is -0.121. The van der Waals surface area contributed by atoms with Crippen molar-refractivity contribution in [2.75, 3.05) is 0 Å². The normalized spacial score (nSPS) is 29.2. The van der Waals surface area contributed by atoms with E-state index >= 15 is 0 Å². The molecule has 3 heteroatoms. The zero-order chi connectivity index (χ0) is 19.0. The first-order valence-electron chi connectivity index (χ1n) is 11.1. The van der Waals surface area contributed by atoms with Crippen LogP contribution in [0.3, 0.4) is 0 Å². The van der Waals surface area contributed by atoms with Crippen molar-refractivity contribution in [2.24, 2.45) is 17.3 Å². The molecule has 2 aliphatic rings. The van der Waals surface area contributed by atoms with Gasteiger partial charge in [0.15, 0.2) is 0 Å². The Morgan fingerprint density at radius 3 is 2.58 bits per heavy atom. The van der Waals surface area contributed by atoms with Crippen LogP contribution >= 0.6 is 0 Å². The van der Waals surface area contributed by atoms with E-state index in [9.17, 15) is 15.0 Å². The summed E-state index contributed by atoms with van der Waals surface area (Å²) in [6, 6.07) is 0. The Labute approximate surface area is 160 Å². The Morgan fingerprint density at radius 2 is 1.96 bits per heavy atom. The predicted octanol–water partition coefficient (Wildman–Crippen LogP) is 5.19. The molecular weight excluding hydrogens is 324 g/mol. The summed E-state index contributed by atoms with van der Waals surface area (Å²) in [7, 11) is 0. The summed E-state index contributed by atoms with van der Waals surface area (Å²) in [6.07, 6.45) is 16.6. The van der Waals surface area contributed by atoms with Crippen molar-refractivity contribution in [2.45, 2.75) is 110 Å². The number of unbranched alkanes of at least 4 members (excludes halogenated alkanes) is 2. The van der Waals surface area contributed by atoms with Crippen LogP contribution in [0.1, 0.15) is 97.3 Å². The SMILES string of the molecule is CCCCC=CC[C@H]1C(=O)CC(O)[C@@H]1CCCC(O)C1(CCC)CCC1. The molecule has 150 valence electrons. The first-order valence-corrected chi connectivity index (χ1v) is 11.1. The number of aliphatic hydroxyl groups excluding tert-OH is 2. The number of aliphatic hydroxyl groups is 2. The topological polar surface area (TPSA) is 57.5 Å². The lowest BCUT2D eigenvalue weighted by Crippen LogP contribution is -2.41. The molecule has 0 spiro atoms. The maximum Gasteiger partial charge on any atom is 0.139 e.